The highest BCUT2D eigenvalue weighted by molar-refractivity contribution is 6.26. The third-order valence-electron chi connectivity index (χ3n) is 1.47. The van der Waals surface area contributed by atoms with Crippen LogP contribution in [0.25, 0.3) is 0 Å². The maximum atomic E-state index is 10.8. The first-order valence-corrected chi connectivity index (χ1v) is 5.70. The van der Waals surface area contributed by atoms with Gasteiger partial charge >= 0.3 is 11.9 Å². The molecule has 0 aromatic rings. The fourth-order valence-electron chi connectivity index (χ4n) is 0.764. The number of ether oxygens (including phenoxy) is 2. The van der Waals surface area contributed by atoms with Crippen LogP contribution in [0.2, 0.25) is 0 Å². The minimum atomic E-state index is -0.434. The van der Waals surface area contributed by atoms with Crippen molar-refractivity contribution in [2.45, 2.75) is 19.3 Å². The van der Waals surface area contributed by atoms with Gasteiger partial charge in [0, 0.05) is 5.88 Å². The van der Waals surface area contributed by atoms with Crippen LogP contribution in [-0.4, -0.2) is 36.9 Å². The monoisotopic (exact) mass is 256 g/mol. The number of carbonyl (C=O) groups is 2. The Bertz CT molecular complexity index is 197. The first-order valence-electron chi connectivity index (χ1n) is 4.64. The molecule has 0 spiro atoms. The van der Waals surface area contributed by atoms with E-state index in [1.165, 1.54) is 0 Å². The SMILES string of the molecule is O=C(CCl)OCCCCOC(=O)CCCl. The molecule has 0 N–H and O–H groups in total. The quantitative estimate of drug-likeness (QED) is 0.377. The molecule has 6 heteroatoms. The van der Waals surface area contributed by atoms with Gasteiger partial charge in [0.15, 0.2) is 0 Å². The molecule has 15 heavy (non-hydrogen) atoms. The average molecular weight is 257 g/mol. The molecule has 0 radical (unpaired) electrons. The Kier molecular flexibility index (Phi) is 9.73. The van der Waals surface area contributed by atoms with Crippen molar-refractivity contribution in [3.63, 3.8) is 0 Å². The summed E-state index contributed by atoms with van der Waals surface area (Å²) < 4.78 is 9.54. The average Bonchev–Trinajstić information content (AvgIpc) is 2.23. The second-order valence-corrected chi connectivity index (χ2v) is 3.37. The molecule has 0 rings (SSSR count). The van der Waals surface area contributed by atoms with E-state index in [4.69, 9.17) is 32.7 Å². The molecule has 88 valence electrons. The van der Waals surface area contributed by atoms with Gasteiger partial charge in [0.2, 0.25) is 0 Å². The van der Waals surface area contributed by atoms with Crippen LogP contribution in [-0.2, 0) is 19.1 Å². The van der Waals surface area contributed by atoms with E-state index >= 15 is 0 Å². The molecule has 0 aromatic carbocycles. The number of hydrogen-bond acceptors (Lipinski definition) is 4. The highest BCUT2D eigenvalue weighted by Crippen LogP contribution is 1.95. The van der Waals surface area contributed by atoms with E-state index in [0.717, 1.165) is 0 Å². The molecule has 0 aliphatic carbocycles. The summed E-state index contributed by atoms with van der Waals surface area (Å²) in [6, 6.07) is 0. The predicted octanol–water partition coefficient (Wildman–Crippen LogP) is 1.72. The summed E-state index contributed by atoms with van der Waals surface area (Å²) in [5, 5.41) is 0. The molecule has 0 fully saturated rings. The molecule has 0 amide bonds. The second kappa shape index (κ2) is 10.1. The van der Waals surface area contributed by atoms with Crippen molar-refractivity contribution >= 4 is 35.1 Å². The Hall–Kier alpha value is -0.480. The lowest BCUT2D eigenvalue weighted by molar-refractivity contribution is -0.144. The molecule has 0 heterocycles. The van der Waals surface area contributed by atoms with Gasteiger partial charge in [0.1, 0.15) is 5.88 Å². The van der Waals surface area contributed by atoms with Gasteiger partial charge < -0.3 is 9.47 Å². The van der Waals surface area contributed by atoms with Gasteiger partial charge in [-0.25, -0.2) is 0 Å². The van der Waals surface area contributed by atoms with E-state index in [9.17, 15) is 9.59 Å². The first kappa shape index (κ1) is 14.5. The van der Waals surface area contributed by atoms with Crippen molar-refractivity contribution in [3.05, 3.63) is 0 Å². The Balaban J connectivity index is 3.18. The fourth-order valence-corrected chi connectivity index (χ4v) is 0.995. The second-order valence-electron chi connectivity index (χ2n) is 2.72. The third kappa shape index (κ3) is 9.82. The van der Waals surface area contributed by atoms with Crippen LogP contribution in [0, 0.1) is 0 Å². The van der Waals surface area contributed by atoms with Crippen LogP contribution < -0.4 is 0 Å². The van der Waals surface area contributed by atoms with Crippen molar-refractivity contribution in [3.8, 4) is 0 Å². The first-order chi connectivity index (χ1) is 7.20. The van der Waals surface area contributed by atoms with Crippen LogP contribution >= 0.6 is 23.2 Å². The number of rotatable bonds is 8. The Morgan fingerprint density at radius 1 is 0.933 bits per heavy atom. The number of hydrogen-bond donors (Lipinski definition) is 0. The van der Waals surface area contributed by atoms with Crippen molar-refractivity contribution < 1.29 is 19.1 Å². The summed E-state index contributed by atoms with van der Waals surface area (Å²) in [6.07, 6.45) is 1.53. The third-order valence-corrected chi connectivity index (χ3v) is 1.88. The molecular formula is C9H14Cl2O4. The predicted molar refractivity (Wildman–Crippen MR) is 57.2 cm³/mol. The summed E-state index contributed by atoms with van der Waals surface area (Å²) in [4.78, 5) is 21.4. The Labute approximate surface area is 98.8 Å². The molecule has 0 aromatic heterocycles. The number of esters is 2. The molecule has 0 saturated carbocycles. The van der Waals surface area contributed by atoms with E-state index in [0.29, 0.717) is 26.1 Å². The number of halogens is 2. The van der Waals surface area contributed by atoms with Gasteiger partial charge in [-0.15, -0.1) is 23.2 Å². The normalized spacial score (nSPS) is 9.73. The maximum Gasteiger partial charge on any atom is 0.320 e. The zero-order valence-electron chi connectivity index (χ0n) is 8.34. The molecule has 0 bridgehead atoms. The van der Waals surface area contributed by atoms with E-state index in [2.05, 4.69) is 0 Å². The van der Waals surface area contributed by atoms with E-state index in [1.54, 1.807) is 0 Å². The van der Waals surface area contributed by atoms with E-state index in [-0.39, 0.29) is 24.2 Å². The largest absolute Gasteiger partial charge is 0.466 e. The van der Waals surface area contributed by atoms with Gasteiger partial charge in [-0.2, -0.15) is 0 Å². The van der Waals surface area contributed by atoms with Crippen LogP contribution in [0.5, 0.6) is 0 Å². The lowest BCUT2D eigenvalue weighted by atomic mass is 10.3. The topological polar surface area (TPSA) is 52.6 Å². The highest BCUT2D eigenvalue weighted by Gasteiger charge is 2.01. The van der Waals surface area contributed by atoms with Gasteiger partial charge in [0.25, 0.3) is 0 Å². The standard InChI is InChI=1S/C9H14Cl2O4/c10-4-3-8(12)14-5-1-2-6-15-9(13)7-11/h1-7H2. The van der Waals surface area contributed by atoms with Gasteiger partial charge in [-0.3, -0.25) is 9.59 Å². The molecule has 4 nitrogen and oxygen atoms in total. The maximum absolute atomic E-state index is 10.8. The summed E-state index contributed by atoms with van der Waals surface area (Å²) >= 11 is 10.6. The summed E-state index contributed by atoms with van der Waals surface area (Å²) in [6.45, 7) is 0.632. The lowest BCUT2D eigenvalue weighted by Crippen LogP contribution is -2.09. The van der Waals surface area contributed by atoms with Gasteiger partial charge in [-0.1, -0.05) is 0 Å². The van der Waals surface area contributed by atoms with Gasteiger partial charge in [0.05, 0.1) is 19.6 Å². The highest BCUT2D eigenvalue weighted by atomic mass is 35.5. The molecule has 0 aliphatic rings. The minimum absolute atomic E-state index is 0.134. The van der Waals surface area contributed by atoms with Gasteiger partial charge in [-0.05, 0) is 12.8 Å². The van der Waals surface area contributed by atoms with Crippen LogP contribution in [0.3, 0.4) is 0 Å². The Morgan fingerprint density at radius 3 is 1.93 bits per heavy atom. The fraction of sp³-hybridized carbons (Fsp3) is 0.778. The van der Waals surface area contributed by atoms with E-state index in [1.807, 2.05) is 0 Å². The molecule has 0 atom stereocenters. The lowest BCUT2D eigenvalue weighted by Gasteiger charge is -2.04. The van der Waals surface area contributed by atoms with Crippen molar-refractivity contribution in [1.82, 2.24) is 0 Å². The van der Waals surface area contributed by atoms with E-state index < -0.39 is 5.97 Å². The summed E-state index contributed by atoms with van der Waals surface area (Å²) in [7, 11) is 0. The van der Waals surface area contributed by atoms with Crippen LogP contribution in [0.1, 0.15) is 19.3 Å². The number of unbranched alkanes of at least 4 members (excludes halogenated alkanes) is 1. The molecule has 0 unspecified atom stereocenters. The number of alkyl halides is 2. The Morgan fingerprint density at radius 2 is 1.47 bits per heavy atom. The number of carbonyl (C=O) groups excluding carboxylic acids is 2. The van der Waals surface area contributed by atoms with Crippen molar-refractivity contribution in [1.29, 1.82) is 0 Å². The molecule has 0 saturated heterocycles. The zero-order chi connectivity index (χ0) is 11.5. The minimum Gasteiger partial charge on any atom is -0.466 e. The smallest absolute Gasteiger partial charge is 0.320 e. The van der Waals surface area contributed by atoms with Crippen LogP contribution in [0.4, 0.5) is 0 Å². The summed E-state index contributed by atoms with van der Waals surface area (Å²) in [5.74, 6) is -0.602. The summed E-state index contributed by atoms with van der Waals surface area (Å²) in [5.41, 5.74) is 0. The van der Waals surface area contributed by atoms with Crippen LogP contribution in [0.15, 0.2) is 0 Å². The van der Waals surface area contributed by atoms with Crippen molar-refractivity contribution in [2.24, 2.45) is 0 Å². The van der Waals surface area contributed by atoms with Crippen molar-refractivity contribution in [2.75, 3.05) is 25.0 Å². The zero-order valence-corrected chi connectivity index (χ0v) is 9.85. The molecule has 0 aliphatic heterocycles. The molecular weight excluding hydrogens is 243 g/mol.